The van der Waals surface area contributed by atoms with E-state index in [0.29, 0.717) is 42.2 Å². The van der Waals surface area contributed by atoms with Gasteiger partial charge in [-0.25, -0.2) is 0 Å². The van der Waals surface area contributed by atoms with Gasteiger partial charge in [0, 0.05) is 123 Å². The lowest BCUT2D eigenvalue weighted by Crippen LogP contribution is -2.63. The number of likely N-dealkylation sites (tertiary alicyclic amines) is 1. The van der Waals surface area contributed by atoms with E-state index in [1.807, 2.05) is 232 Å². The summed E-state index contributed by atoms with van der Waals surface area (Å²) in [6.45, 7) is 71.4. The number of aryl methyl sites for hydroxylation is 1. The molecule has 3 saturated carbocycles. The molecule has 0 radical (unpaired) electrons. The SMILES string of the molecule is CC.CC.CC.CC.CC.CC.CC(=O)NC1CCC(C)CC1.CC(=O)Nc1ccccc1.CC(=O)Oc1ccccc1.CC1CCC(C)CC1.CC1CCN(C)CC1.CC1COC(C)OC1.CCC.CCC(=O)NC.CCN(C)C.CCOC.CCOCC(C)=O.CN1CCN([n+]2ccccc2)CC1.CNC(=O)C1CCC(C)CC1.CNC(=O)c1ccccc1.COc1ccccc1.Cc1ccccc1. The second-order valence-corrected chi connectivity index (χ2v) is 33.5. The van der Waals surface area contributed by atoms with Crippen LogP contribution in [-0.4, -0.2) is 211 Å². The second-order valence-electron chi connectivity index (χ2n) is 33.5. The number of pyridine rings is 1. The number of amides is 5. The maximum Gasteiger partial charge on any atom is 0.308 e. The molecule has 12 rings (SSSR count). The fraction of sp³-hybridized carbons (Fsp3) is 0.644. The standard InChI is InChI=1S/C10H16N3.2C9H17NO.2C8H9NO.C8H8O2.C8H16.C7H15N.C7H8O.C7H8.C6H12O2.C5H10O2.C4H9NO.C4H11N.C3H8O.C3H8.6C2H6/c1-11-7-9-13(10-8-11)12-5-3-2-4-6-12;1-7-3-5-8(6-4-7)9(11)10-2;1-7-3-5-9(6-4-7)10-8(2)11;1-9-8(10)7-5-3-2-4-6-7;1-7(10)9-8-5-3-2-4-6-8;1-7(9)10-8-5-3-2-4-6-8;2*1-7-3-5-8(2)6-4-7;1-8-7-5-3-2-4-6-7;1-7-5-3-2-4-6-7;1-5-3-7-6(2)8-4-5;1-3-7-4-5(2)6;1-3-4(6)5-2;1-4-5(2)3;1-3-4-2;1-3-2;6*1-2/h2-6H,7-10H2,1H3;7-8H,3-6H2,1-2H3,(H,10,11);7,9H,3-6H2,1-2H3,(H,10,11);2*2-6H,1H3,(H,9,10);2-6H,1H3;7-8H,3-6H2,1-2H3;7H,3-6H2,1-2H3;2-6H,1H3;2-6H,1H3;5-6H,3-4H2,1-2H3;3-4H2,1-2H3;3H2,1-2H3,(H,5,6);4H2,1-3H3;3H2,1-2H3;3H2,1-2H3;6*1-2H3/q+1;;;;;;;;;;;;;;;;;;;;;. The Kier molecular flexibility index (Phi) is 126. The number of nitrogens with one attached hydrogen (secondary N) is 5. The number of likely N-dealkylation sites (N-methyl/N-ethyl adjacent to an activating group) is 1. The number of carbonyl (C=O) groups is 7. The van der Waals surface area contributed by atoms with E-state index < -0.39 is 0 Å². The highest BCUT2D eigenvalue weighted by Gasteiger charge is 2.24. The topological polar surface area (TPSA) is 252 Å². The number of hydrogen-bond acceptors (Lipinski definition) is 17. The van der Waals surface area contributed by atoms with Gasteiger partial charge < -0.3 is 69.7 Å². The molecule has 0 spiro atoms. The number of para-hydroxylation sites is 3. The molecule has 5 N–H and O–H groups in total. The Hall–Kier alpha value is -8.94. The molecule has 3 saturated heterocycles. The molecule has 4 heterocycles. The molecule has 0 unspecified atom stereocenters. The van der Waals surface area contributed by atoms with Crippen molar-refractivity contribution < 1.29 is 66.7 Å². The second kappa shape index (κ2) is 116. The minimum Gasteiger partial charge on any atom is -0.497 e. The predicted octanol–water partition coefficient (Wildman–Crippen LogP) is 25.9. The fourth-order valence-electron chi connectivity index (χ4n) is 11.9. The zero-order chi connectivity index (χ0) is 110. The van der Waals surface area contributed by atoms with E-state index in [0.717, 1.165) is 106 Å². The normalized spacial score (nSPS) is 17.2. The summed E-state index contributed by atoms with van der Waals surface area (Å²) in [4.78, 5) is 80.7. The molecule has 6 aliphatic rings. The molecular weight excluding hydrogens is 1770 g/mol. The van der Waals surface area contributed by atoms with Gasteiger partial charge >= 0.3 is 5.97 Å². The third kappa shape index (κ3) is 111. The number of nitrogens with zero attached hydrogens (tertiary/aromatic N) is 5. The van der Waals surface area contributed by atoms with Crippen LogP contribution in [0.5, 0.6) is 11.5 Å². The van der Waals surface area contributed by atoms with Crippen LogP contribution in [-0.2, 0) is 47.7 Å². The number of anilines is 1. The van der Waals surface area contributed by atoms with Crippen molar-refractivity contribution in [1.29, 1.82) is 0 Å². The summed E-state index contributed by atoms with van der Waals surface area (Å²) in [5.74, 6) is 7.25. The van der Waals surface area contributed by atoms with Gasteiger partial charge in [0.2, 0.25) is 23.6 Å². The highest BCUT2D eigenvalue weighted by atomic mass is 16.7. The van der Waals surface area contributed by atoms with Crippen LogP contribution in [0.1, 0.15) is 319 Å². The molecule has 5 aromatic carbocycles. The summed E-state index contributed by atoms with van der Waals surface area (Å²) in [7, 11) is 16.8. The molecule has 3 aliphatic heterocycles. The van der Waals surface area contributed by atoms with E-state index in [-0.39, 0.29) is 54.2 Å². The van der Waals surface area contributed by atoms with Crippen molar-refractivity contribution in [2.24, 2.45) is 41.4 Å². The van der Waals surface area contributed by atoms with Gasteiger partial charge in [-0.2, -0.15) is 5.01 Å². The van der Waals surface area contributed by atoms with Crippen LogP contribution in [0.2, 0.25) is 0 Å². The van der Waals surface area contributed by atoms with E-state index in [2.05, 4.69) is 190 Å². The van der Waals surface area contributed by atoms with Gasteiger partial charge in [0.05, 0.1) is 33.4 Å². The van der Waals surface area contributed by atoms with Crippen LogP contribution in [0.15, 0.2) is 182 Å². The summed E-state index contributed by atoms with van der Waals surface area (Å²) < 4.78 is 31.5. The Morgan fingerprint density at radius 3 is 1.07 bits per heavy atom. The summed E-state index contributed by atoms with van der Waals surface area (Å²) in [6.07, 6.45) is 24.2. The smallest absolute Gasteiger partial charge is 0.308 e. The van der Waals surface area contributed by atoms with Crippen LogP contribution in [0.25, 0.3) is 0 Å². The van der Waals surface area contributed by atoms with Crippen LogP contribution >= 0.6 is 0 Å². The fourth-order valence-corrected chi connectivity index (χ4v) is 11.9. The minimum atomic E-state index is -0.286. The van der Waals surface area contributed by atoms with Crippen LogP contribution in [0.3, 0.4) is 0 Å². The molecule has 6 aromatic rings. The molecule has 6 fully saturated rings. The molecule has 5 amide bonds. The monoisotopic (exact) mass is 1980 g/mol. The van der Waals surface area contributed by atoms with Gasteiger partial charge in [-0.1, -0.05) is 304 Å². The first kappa shape index (κ1) is 152. The number of rotatable bonds is 13. The predicted molar refractivity (Wildman–Crippen MR) is 606 cm³/mol. The quantitative estimate of drug-likeness (QED) is 0.0409. The Morgan fingerprint density at radius 1 is 0.433 bits per heavy atom. The van der Waals surface area contributed by atoms with Crippen molar-refractivity contribution in [1.82, 2.24) is 36.0 Å². The van der Waals surface area contributed by atoms with Gasteiger partial charge in [-0.15, -0.1) is 0 Å². The molecule has 0 bridgehead atoms. The van der Waals surface area contributed by atoms with Gasteiger partial charge in [-0.05, 0) is 225 Å². The number of carbonyl (C=O) groups excluding carboxylic acids is 7. The van der Waals surface area contributed by atoms with Crippen LogP contribution in [0.4, 0.5) is 5.69 Å². The Morgan fingerprint density at radius 2 is 0.787 bits per heavy atom. The molecule has 23 nitrogen and oxygen atoms in total. The lowest BCUT2D eigenvalue weighted by Gasteiger charge is -2.28. The number of piperidine rings is 1. The lowest BCUT2D eigenvalue weighted by atomic mass is 9.83. The summed E-state index contributed by atoms with van der Waals surface area (Å²) in [5, 5.41) is 15.7. The summed E-state index contributed by atoms with van der Waals surface area (Å²) in [6, 6.07) is 54.0. The number of piperazine rings is 1. The number of hydrogen-bond donors (Lipinski definition) is 5. The minimum absolute atomic E-state index is 0.0196. The lowest BCUT2D eigenvalue weighted by molar-refractivity contribution is -0.694. The summed E-state index contributed by atoms with van der Waals surface area (Å²) in [5.41, 5.74) is 2.86. The largest absolute Gasteiger partial charge is 0.497 e. The Labute approximate surface area is 866 Å². The van der Waals surface area contributed by atoms with Crippen molar-refractivity contribution in [2.75, 3.05) is 153 Å². The van der Waals surface area contributed by atoms with Crippen molar-refractivity contribution in [3.63, 3.8) is 0 Å². The maximum atomic E-state index is 11.2. The van der Waals surface area contributed by atoms with Gasteiger partial charge in [-0.3, -0.25) is 33.6 Å². The van der Waals surface area contributed by atoms with E-state index in [4.69, 9.17) is 23.7 Å². The van der Waals surface area contributed by atoms with Crippen molar-refractivity contribution >= 4 is 47.0 Å². The van der Waals surface area contributed by atoms with Crippen LogP contribution < -0.4 is 45.7 Å². The molecule has 1 aromatic heterocycles. The highest BCUT2D eigenvalue weighted by Crippen LogP contribution is 2.29. The number of ether oxygens (including phenoxy) is 6. The van der Waals surface area contributed by atoms with Gasteiger partial charge in [0.25, 0.3) is 5.91 Å². The number of aromatic nitrogens is 1. The van der Waals surface area contributed by atoms with E-state index in [1.165, 1.54) is 123 Å². The van der Waals surface area contributed by atoms with E-state index >= 15 is 0 Å². The number of esters is 1. The Balaban J connectivity index is -0.000000162. The van der Waals surface area contributed by atoms with E-state index in [1.54, 1.807) is 66.6 Å². The first-order valence-electron chi connectivity index (χ1n) is 53.2. The first-order chi connectivity index (χ1) is 67.6. The van der Waals surface area contributed by atoms with E-state index in [9.17, 15) is 33.6 Å². The van der Waals surface area contributed by atoms with Gasteiger partial charge in [0.15, 0.2) is 24.5 Å². The Bertz CT molecular complexity index is 3380. The molecule has 816 valence electrons. The molecule has 0 atom stereocenters. The average molecular weight is 1980 g/mol. The number of ketones is 1. The first-order valence-corrected chi connectivity index (χ1v) is 53.2. The van der Waals surface area contributed by atoms with Crippen molar-refractivity contribution in [2.45, 2.75) is 323 Å². The van der Waals surface area contributed by atoms with Crippen molar-refractivity contribution in [3.8, 4) is 11.5 Å². The highest BCUT2D eigenvalue weighted by molar-refractivity contribution is 5.93. The maximum absolute atomic E-state index is 11.2. The van der Waals surface area contributed by atoms with Crippen molar-refractivity contribution in [3.05, 3.63) is 193 Å². The summed E-state index contributed by atoms with van der Waals surface area (Å²) >= 11 is 0. The third-order valence-corrected chi connectivity index (χ3v) is 20.4. The average Bonchev–Trinajstić information content (AvgIpc) is 0.866. The number of Topliss-reactive ketones (excluding diaryl/α,β-unsaturated/α-hetero) is 1. The zero-order valence-electron chi connectivity index (χ0n) is 97.4. The number of methoxy groups -OCH3 is 2. The molecular formula is C118H217N10O13+. The molecule has 3 aliphatic carbocycles. The van der Waals surface area contributed by atoms with Crippen LogP contribution in [0, 0.1) is 48.3 Å². The number of benzene rings is 5. The third-order valence-electron chi connectivity index (χ3n) is 20.4. The molecule has 23 heteroatoms. The van der Waals surface area contributed by atoms with Gasteiger partial charge in [0.1, 0.15) is 18.1 Å². The zero-order valence-corrected chi connectivity index (χ0v) is 97.4. The molecule has 141 heavy (non-hydrogen) atoms.